The highest BCUT2D eigenvalue weighted by Crippen LogP contribution is 2.12. The van der Waals surface area contributed by atoms with Gasteiger partial charge in [-0.1, -0.05) is 37.6 Å². The van der Waals surface area contributed by atoms with Crippen LogP contribution >= 0.6 is 0 Å². The Bertz CT molecular complexity index is 466. The van der Waals surface area contributed by atoms with E-state index in [1.165, 1.54) is 5.56 Å². The maximum atomic E-state index is 12.6. The van der Waals surface area contributed by atoms with Crippen LogP contribution in [0.4, 0.5) is 0 Å². The van der Waals surface area contributed by atoms with Crippen LogP contribution in [0, 0.1) is 19.8 Å². The number of benzene rings is 1. The Labute approximate surface area is 129 Å². The zero-order valence-electron chi connectivity index (χ0n) is 14.4. The lowest BCUT2D eigenvalue weighted by Crippen LogP contribution is -2.38. The number of Topliss-reactive ketones (excluding diaryl/α,β-unsaturated/α-hetero) is 1. The van der Waals surface area contributed by atoms with Crippen molar-refractivity contribution in [3.63, 3.8) is 0 Å². The Balaban J connectivity index is 2.74. The Morgan fingerprint density at radius 2 is 1.81 bits per heavy atom. The van der Waals surface area contributed by atoms with Gasteiger partial charge in [-0.2, -0.15) is 0 Å². The zero-order chi connectivity index (χ0) is 16.0. The summed E-state index contributed by atoms with van der Waals surface area (Å²) in [5, 5.41) is 0. The molecule has 0 saturated carbocycles. The van der Waals surface area contributed by atoms with Crippen LogP contribution in [-0.4, -0.2) is 55.9 Å². The molecule has 3 nitrogen and oxygen atoms in total. The van der Waals surface area contributed by atoms with Gasteiger partial charge in [-0.3, -0.25) is 9.69 Å². The van der Waals surface area contributed by atoms with Crippen molar-refractivity contribution in [2.24, 2.45) is 5.92 Å². The van der Waals surface area contributed by atoms with Gasteiger partial charge in [0.15, 0.2) is 5.78 Å². The van der Waals surface area contributed by atoms with Crippen molar-refractivity contribution in [1.29, 1.82) is 0 Å². The Morgan fingerprint density at radius 3 is 2.33 bits per heavy atom. The van der Waals surface area contributed by atoms with Crippen LogP contribution in [0.15, 0.2) is 18.2 Å². The second kappa shape index (κ2) is 8.30. The smallest absolute Gasteiger partial charge is 0.177 e. The molecule has 3 heteroatoms. The lowest BCUT2D eigenvalue weighted by atomic mass is 10.0. The topological polar surface area (TPSA) is 23.6 Å². The van der Waals surface area contributed by atoms with Gasteiger partial charge in [0, 0.05) is 25.2 Å². The molecule has 1 rings (SSSR count). The van der Waals surface area contributed by atoms with Gasteiger partial charge in [-0.05, 0) is 39.4 Å². The van der Waals surface area contributed by atoms with Gasteiger partial charge >= 0.3 is 0 Å². The number of rotatable bonds is 8. The quantitative estimate of drug-likeness (QED) is 0.688. The molecule has 0 heterocycles. The molecule has 0 N–H and O–H groups in total. The van der Waals surface area contributed by atoms with Crippen molar-refractivity contribution in [2.45, 2.75) is 27.7 Å². The van der Waals surface area contributed by atoms with Crippen LogP contribution in [0.5, 0.6) is 0 Å². The van der Waals surface area contributed by atoms with Gasteiger partial charge in [-0.15, -0.1) is 0 Å². The van der Waals surface area contributed by atoms with Crippen LogP contribution in [0.1, 0.15) is 35.3 Å². The van der Waals surface area contributed by atoms with Crippen LogP contribution in [0.25, 0.3) is 0 Å². The molecule has 0 aliphatic rings. The summed E-state index contributed by atoms with van der Waals surface area (Å²) in [5.74, 6) is 0.797. The van der Waals surface area contributed by atoms with Crippen molar-refractivity contribution in [3.05, 3.63) is 34.9 Å². The van der Waals surface area contributed by atoms with E-state index in [9.17, 15) is 4.79 Å². The number of carbonyl (C=O) groups is 1. The van der Waals surface area contributed by atoms with Gasteiger partial charge in [0.05, 0.1) is 6.54 Å². The molecule has 0 unspecified atom stereocenters. The summed E-state index contributed by atoms with van der Waals surface area (Å²) in [4.78, 5) is 17.0. The maximum absolute atomic E-state index is 12.6. The first-order valence-corrected chi connectivity index (χ1v) is 7.77. The normalized spacial score (nSPS) is 11.7. The summed E-state index contributed by atoms with van der Waals surface area (Å²) in [5.41, 5.74) is 3.15. The summed E-state index contributed by atoms with van der Waals surface area (Å²) < 4.78 is 0. The molecule has 118 valence electrons. The third-order valence-electron chi connectivity index (χ3n) is 3.54. The van der Waals surface area contributed by atoms with E-state index in [1.807, 2.05) is 19.1 Å². The van der Waals surface area contributed by atoms with Crippen LogP contribution < -0.4 is 0 Å². The molecule has 0 saturated heterocycles. The average Bonchev–Trinajstić information content (AvgIpc) is 2.34. The maximum Gasteiger partial charge on any atom is 0.177 e. The molecule has 1 aromatic rings. The molecule has 0 spiro atoms. The number of hydrogen-bond acceptors (Lipinski definition) is 3. The fraction of sp³-hybridized carbons (Fsp3) is 0.611. The highest BCUT2D eigenvalue weighted by atomic mass is 16.1. The predicted octanol–water partition coefficient (Wildman–Crippen LogP) is 3.01. The van der Waals surface area contributed by atoms with Crippen molar-refractivity contribution in [3.8, 4) is 0 Å². The Hall–Kier alpha value is -1.19. The van der Waals surface area contributed by atoms with Gasteiger partial charge in [0.1, 0.15) is 0 Å². The molecule has 0 amide bonds. The Kier molecular flexibility index (Phi) is 7.06. The van der Waals surface area contributed by atoms with E-state index in [-0.39, 0.29) is 5.78 Å². The molecule has 0 radical (unpaired) electrons. The van der Waals surface area contributed by atoms with E-state index >= 15 is 0 Å². The molecule has 0 bridgehead atoms. The lowest BCUT2D eigenvalue weighted by molar-refractivity contribution is 0.0915. The number of carbonyl (C=O) groups excluding carboxylic acids is 1. The number of hydrogen-bond donors (Lipinski definition) is 0. The predicted molar refractivity (Wildman–Crippen MR) is 90.1 cm³/mol. The van der Waals surface area contributed by atoms with E-state index < -0.39 is 0 Å². The molecule has 0 aliphatic carbocycles. The fourth-order valence-corrected chi connectivity index (χ4v) is 2.51. The van der Waals surface area contributed by atoms with E-state index in [2.05, 4.69) is 50.7 Å². The summed E-state index contributed by atoms with van der Waals surface area (Å²) >= 11 is 0. The highest BCUT2D eigenvalue weighted by Gasteiger charge is 2.15. The first-order valence-electron chi connectivity index (χ1n) is 7.77. The second-order valence-electron chi connectivity index (χ2n) is 6.67. The molecule has 0 aromatic heterocycles. The van der Waals surface area contributed by atoms with Gasteiger partial charge in [0.25, 0.3) is 0 Å². The SMILES string of the molecule is Cc1ccc(C(=O)CN(CCN(C)C)CC(C)C)c(C)c1. The summed E-state index contributed by atoms with van der Waals surface area (Å²) in [6.07, 6.45) is 0. The summed E-state index contributed by atoms with van der Waals surface area (Å²) in [6, 6.07) is 6.07. The third kappa shape index (κ3) is 6.40. The van der Waals surface area contributed by atoms with E-state index in [4.69, 9.17) is 0 Å². The van der Waals surface area contributed by atoms with E-state index in [1.54, 1.807) is 0 Å². The molecule has 0 atom stereocenters. The molecular formula is C18H30N2O. The van der Waals surface area contributed by atoms with Crippen molar-refractivity contribution in [1.82, 2.24) is 9.80 Å². The minimum atomic E-state index is 0.229. The monoisotopic (exact) mass is 290 g/mol. The minimum absolute atomic E-state index is 0.229. The van der Waals surface area contributed by atoms with Crippen LogP contribution in [0.3, 0.4) is 0 Å². The van der Waals surface area contributed by atoms with Crippen LogP contribution in [0.2, 0.25) is 0 Å². The fourth-order valence-electron chi connectivity index (χ4n) is 2.51. The Morgan fingerprint density at radius 1 is 1.14 bits per heavy atom. The largest absolute Gasteiger partial charge is 0.308 e. The van der Waals surface area contributed by atoms with E-state index in [0.29, 0.717) is 12.5 Å². The minimum Gasteiger partial charge on any atom is -0.308 e. The summed E-state index contributed by atoms with van der Waals surface area (Å²) in [6.45, 7) is 11.9. The molecule has 0 fully saturated rings. The van der Waals surface area contributed by atoms with E-state index in [0.717, 1.165) is 30.8 Å². The lowest BCUT2D eigenvalue weighted by Gasteiger charge is -2.25. The third-order valence-corrected chi connectivity index (χ3v) is 3.54. The second-order valence-corrected chi connectivity index (χ2v) is 6.67. The average molecular weight is 290 g/mol. The molecular weight excluding hydrogens is 260 g/mol. The van der Waals surface area contributed by atoms with Crippen LogP contribution in [-0.2, 0) is 0 Å². The number of nitrogens with zero attached hydrogens (tertiary/aromatic N) is 2. The zero-order valence-corrected chi connectivity index (χ0v) is 14.4. The van der Waals surface area contributed by atoms with Gasteiger partial charge < -0.3 is 4.90 Å². The first-order chi connectivity index (χ1) is 9.79. The summed E-state index contributed by atoms with van der Waals surface area (Å²) in [7, 11) is 4.14. The first kappa shape index (κ1) is 17.9. The standard InChI is InChI=1S/C18H30N2O/c1-14(2)12-20(10-9-19(5)6)13-18(21)17-8-7-15(3)11-16(17)4/h7-8,11,14H,9-10,12-13H2,1-6H3. The van der Waals surface area contributed by atoms with Crippen molar-refractivity contribution < 1.29 is 4.79 Å². The molecule has 0 aliphatic heterocycles. The highest BCUT2D eigenvalue weighted by molar-refractivity contribution is 5.98. The van der Waals surface area contributed by atoms with Crippen molar-refractivity contribution in [2.75, 3.05) is 40.3 Å². The van der Waals surface area contributed by atoms with Crippen molar-refractivity contribution >= 4 is 5.78 Å². The molecule has 1 aromatic carbocycles. The number of likely N-dealkylation sites (N-methyl/N-ethyl adjacent to an activating group) is 1. The number of ketones is 1. The molecule has 21 heavy (non-hydrogen) atoms. The van der Waals surface area contributed by atoms with Gasteiger partial charge in [0.2, 0.25) is 0 Å². The number of aryl methyl sites for hydroxylation is 2. The van der Waals surface area contributed by atoms with Gasteiger partial charge in [-0.25, -0.2) is 0 Å².